The second kappa shape index (κ2) is 9.19. The molecule has 2 heterocycles. The predicted octanol–water partition coefficient (Wildman–Crippen LogP) is 1.56. The van der Waals surface area contributed by atoms with Gasteiger partial charge in [-0.05, 0) is 24.8 Å². The second-order valence-corrected chi connectivity index (χ2v) is 7.58. The van der Waals surface area contributed by atoms with Crippen LogP contribution < -0.4 is 0 Å². The minimum Gasteiger partial charge on any atom is -0.480 e. The highest BCUT2D eigenvalue weighted by Crippen LogP contribution is 2.27. The van der Waals surface area contributed by atoms with Crippen molar-refractivity contribution in [2.45, 2.75) is 44.2 Å². The van der Waals surface area contributed by atoms with E-state index in [1.54, 1.807) is 0 Å². The van der Waals surface area contributed by atoms with Crippen LogP contribution in [0.25, 0.3) is 0 Å². The molecule has 28 heavy (non-hydrogen) atoms. The lowest BCUT2D eigenvalue weighted by Gasteiger charge is -2.34. The van der Waals surface area contributed by atoms with E-state index in [1.165, 1.54) is 12.0 Å². The van der Waals surface area contributed by atoms with Crippen LogP contribution in [-0.4, -0.2) is 71.6 Å². The maximum Gasteiger partial charge on any atom is 0.326 e. The van der Waals surface area contributed by atoms with Gasteiger partial charge in [-0.2, -0.15) is 0 Å². The average Bonchev–Trinajstić information content (AvgIpc) is 3.17. The lowest BCUT2D eigenvalue weighted by molar-refractivity contribution is -0.151. The number of rotatable bonds is 6. The molecule has 0 aliphatic carbocycles. The zero-order valence-corrected chi connectivity index (χ0v) is 16.3. The molecule has 3 rings (SSSR count). The molecule has 0 spiro atoms. The van der Waals surface area contributed by atoms with E-state index >= 15 is 0 Å². The summed E-state index contributed by atoms with van der Waals surface area (Å²) in [6, 6.07) is 9.10. The van der Waals surface area contributed by atoms with Crippen molar-refractivity contribution < 1.29 is 24.2 Å². The number of methoxy groups -OCH3 is 1. The first-order valence-corrected chi connectivity index (χ1v) is 9.87. The van der Waals surface area contributed by atoms with E-state index in [2.05, 4.69) is 0 Å². The van der Waals surface area contributed by atoms with Crippen molar-refractivity contribution in [1.82, 2.24) is 9.80 Å². The van der Waals surface area contributed by atoms with Gasteiger partial charge in [0.1, 0.15) is 6.04 Å². The first-order valence-electron chi connectivity index (χ1n) is 9.87. The molecule has 1 aromatic rings. The Labute approximate surface area is 165 Å². The molecule has 2 unspecified atom stereocenters. The van der Waals surface area contributed by atoms with Crippen LogP contribution in [0, 0.1) is 5.92 Å². The van der Waals surface area contributed by atoms with Gasteiger partial charge in [0, 0.05) is 45.5 Å². The fourth-order valence-corrected chi connectivity index (χ4v) is 4.11. The first-order chi connectivity index (χ1) is 13.5. The number of carboxylic acid groups (broad SMARTS) is 1. The summed E-state index contributed by atoms with van der Waals surface area (Å²) in [6.45, 7) is 1.41. The van der Waals surface area contributed by atoms with Gasteiger partial charge in [-0.1, -0.05) is 30.3 Å². The number of nitrogens with zero attached hydrogens (tertiary/aromatic N) is 2. The van der Waals surface area contributed by atoms with E-state index in [1.807, 2.05) is 35.2 Å². The van der Waals surface area contributed by atoms with Crippen molar-refractivity contribution in [3.8, 4) is 0 Å². The van der Waals surface area contributed by atoms with Gasteiger partial charge in [-0.3, -0.25) is 9.59 Å². The minimum atomic E-state index is -0.985. The van der Waals surface area contributed by atoms with E-state index in [-0.39, 0.29) is 23.8 Å². The molecule has 152 valence electrons. The van der Waals surface area contributed by atoms with E-state index < -0.39 is 12.0 Å². The van der Waals surface area contributed by atoms with Gasteiger partial charge < -0.3 is 19.6 Å². The molecular formula is C21H28N2O5. The summed E-state index contributed by atoms with van der Waals surface area (Å²) >= 11 is 0. The third-order valence-electron chi connectivity index (χ3n) is 5.83. The molecule has 1 N–H and O–H groups in total. The Morgan fingerprint density at radius 1 is 1.14 bits per heavy atom. The number of benzene rings is 1. The van der Waals surface area contributed by atoms with Gasteiger partial charge in [0.25, 0.3) is 0 Å². The lowest BCUT2D eigenvalue weighted by atomic mass is 9.94. The Bertz CT molecular complexity index is 700. The lowest BCUT2D eigenvalue weighted by Crippen LogP contribution is -2.47. The van der Waals surface area contributed by atoms with Crippen molar-refractivity contribution in [1.29, 1.82) is 0 Å². The number of carbonyl (C=O) groups is 3. The zero-order chi connectivity index (χ0) is 20.1. The molecule has 0 aromatic heterocycles. The number of ether oxygens (including phenoxy) is 1. The molecule has 2 aliphatic heterocycles. The minimum absolute atomic E-state index is 0.110. The topological polar surface area (TPSA) is 87.2 Å². The van der Waals surface area contributed by atoms with Crippen LogP contribution in [0.3, 0.4) is 0 Å². The highest BCUT2D eigenvalue weighted by atomic mass is 16.5. The van der Waals surface area contributed by atoms with Crippen molar-refractivity contribution in [3.63, 3.8) is 0 Å². The Morgan fingerprint density at radius 2 is 1.82 bits per heavy atom. The van der Waals surface area contributed by atoms with Gasteiger partial charge in [0.05, 0.1) is 6.10 Å². The maximum atomic E-state index is 12.9. The number of aliphatic carboxylic acids is 1. The molecule has 0 bridgehead atoms. The third-order valence-corrected chi connectivity index (χ3v) is 5.83. The van der Waals surface area contributed by atoms with E-state index in [4.69, 9.17) is 4.74 Å². The van der Waals surface area contributed by atoms with Gasteiger partial charge in [0.15, 0.2) is 0 Å². The van der Waals surface area contributed by atoms with Crippen molar-refractivity contribution in [3.05, 3.63) is 35.9 Å². The Morgan fingerprint density at radius 3 is 2.43 bits per heavy atom. The summed E-state index contributed by atoms with van der Waals surface area (Å²) in [5, 5.41) is 9.41. The van der Waals surface area contributed by atoms with E-state index in [0.717, 1.165) is 5.56 Å². The number of carboxylic acids is 1. The molecule has 7 nitrogen and oxygen atoms in total. The van der Waals surface area contributed by atoms with Gasteiger partial charge >= 0.3 is 5.97 Å². The standard InChI is InChI=1S/C21H28N2O5/c1-28-17-13-18(21(26)27)23(14-17)20(25)16-9-11-22(12-10-16)19(24)8-7-15-5-3-2-4-6-15/h2-6,16-18H,7-14H2,1H3,(H,26,27). The van der Waals surface area contributed by atoms with Crippen molar-refractivity contribution in [2.75, 3.05) is 26.7 Å². The van der Waals surface area contributed by atoms with Crippen LogP contribution in [0.15, 0.2) is 30.3 Å². The number of hydrogen-bond acceptors (Lipinski definition) is 4. The van der Waals surface area contributed by atoms with Crippen LogP contribution in [0.5, 0.6) is 0 Å². The number of aryl methyl sites for hydroxylation is 1. The smallest absolute Gasteiger partial charge is 0.326 e. The Hall–Kier alpha value is -2.41. The number of hydrogen-bond donors (Lipinski definition) is 1. The van der Waals surface area contributed by atoms with E-state index in [0.29, 0.717) is 51.7 Å². The summed E-state index contributed by atoms with van der Waals surface area (Å²) in [4.78, 5) is 40.1. The summed E-state index contributed by atoms with van der Waals surface area (Å²) < 4.78 is 5.26. The highest BCUT2D eigenvalue weighted by Gasteiger charge is 2.42. The van der Waals surface area contributed by atoms with Crippen LogP contribution >= 0.6 is 0 Å². The van der Waals surface area contributed by atoms with Gasteiger partial charge in [-0.25, -0.2) is 4.79 Å². The highest BCUT2D eigenvalue weighted by molar-refractivity contribution is 5.86. The fraction of sp³-hybridized carbons (Fsp3) is 0.571. The number of carbonyl (C=O) groups excluding carboxylic acids is 2. The average molecular weight is 388 g/mol. The molecule has 2 saturated heterocycles. The van der Waals surface area contributed by atoms with Gasteiger partial charge in [-0.15, -0.1) is 0 Å². The normalized spacial score (nSPS) is 23.0. The van der Waals surface area contributed by atoms with Crippen LogP contribution in [0.2, 0.25) is 0 Å². The summed E-state index contributed by atoms with van der Waals surface area (Å²) in [5.41, 5.74) is 1.14. The number of likely N-dealkylation sites (tertiary alicyclic amines) is 2. The summed E-state index contributed by atoms with van der Waals surface area (Å²) in [7, 11) is 1.54. The van der Waals surface area contributed by atoms with Gasteiger partial charge in [0.2, 0.25) is 11.8 Å². The first kappa shape index (κ1) is 20.3. The van der Waals surface area contributed by atoms with E-state index in [9.17, 15) is 19.5 Å². The maximum absolute atomic E-state index is 12.9. The predicted molar refractivity (Wildman–Crippen MR) is 103 cm³/mol. The molecule has 0 radical (unpaired) electrons. The second-order valence-electron chi connectivity index (χ2n) is 7.58. The molecule has 7 heteroatoms. The Balaban J connectivity index is 1.49. The molecule has 2 aliphatic rings. The molecule has 1 aromatic carbocycles. The quantitative estimate of drug-likeness (QED) is 0.799. The number of amides is 2. The number of piperidine rings is 1. The fourth-order valence-electron chi connectivity index (χ4n) is 4.11. The van der Waals surface area contributed by atoms with Crippen LogP contribution in [0.1, 0.15) is 31.2 Å². The monoisotopic (exact) mass is 388 g/mol. The molecule has 2 amide bonds. The van der Waals surface area contributed by atoms with Crippen LogP contribution in [0.4, 0.5) is 0 Å². The Kier molecular flexibility index (Phi) is 6.67. The summed E-state index contributed by atoms with van der Waals surface area (Å²) in [6.07, 6.45) is 2.43. The molecular weight excluding hydrogens is 360 g/mol. The van der Waals surface area contributed by atoms with Crippen LogP contribution in [-0.2, 0) is 25.5 Å². The summed E-state index contributed by atoms with van der Waals surface area (Å²) in [5.74, 6) is -1.22. The zero-order valence-electron chi connectivity index (χ0n) is 16.3. The van der Waals surface area contributed by atoms with Crippen molar-refractivity contribution >= 4 is 17.8 Å². The molecule has 0 saturated carbocycles. The molecule has 2 atom stereocenters. The SMILES string of the molecule is COC1CC(C(=O)O)N(C(=O)C2CCN(C(=O)CCc3ccccc3)CC2)C1. The van der Waals surface area contributed by atoms with Crippen molar-refractivity contribution in [2.24, 2.45) is 5.92 Å². The largest absolute Gasteiger partial charge is 0.480 e. The molecule has 2 fully saturated rings. The third kappa shape index (κ3) is 4.70.